The Hall–Kier alpha value is -2.31. The zero-order valence-electron chi connectivity index (χ0n) is 16.7. The number of hydrogen-bond donors (Lipinski definition) is 0. The van der Waals surface area contributed by atoms with Crippen LogP contribution in [-0.4, -0.2) is 23.6 Å². The molecule has 0 amide bonds. The van der Waals surface area contributed by atoms with E-state index in [-0.39, 0.29) is 11.8 Å². The van der Waals surface area contributed by atoms with Crippen molar-refractivity contribution < 1.29 is 17.9 Å². The maximum Gasteiger partial charge on any atom is 0.421 e. The van der Waals surface area contributed by atoms with Crippen LogP contribution in [0.3, 0.4) is 0 Å². The fraction of sp³-hybridized carbons (Fsp3) is 0.524. The van der Waals surface area contributed by atoms with Crippen LogP contribution in [0.1, 0.15) is 57.1 Å². The summed E-state index contributed by atoms with van der Waals surface area (Å²) in [5.74, 6) is -0.209. The Morgan fingerprint density at radius 2 is 1.86 bits per heavy atom. The molecule has 2 aromatic rings. The highest BCUT2D eigenvalue weighted by molar-refractivity contribution is 5.63. The van der Waals surface area contributed by atoms with Crippen molar-refractivity contribution in [2.45, 2.75) is 58.5 Å². The molecule has 0 bridgehead atoms. The largest absolute Gasteiger partial charge is 0.463 e. The lowest BCUT2D eigenvalue weighted by Gasteiger charge is -2.23. The second kappa shape index (κ2) is 10.3. The molecule has 2 rings (SSSR count). The van der Waals surface area contributed by atoms with Crippen LogP contribution in [0.4, 0.5) is 24.7 Å². The highest BCUT2D eigenvalue weighted by atomic mass is 19.4. The van der Waals surface area contributed by atoms with Crippen molar-refractivity contribution in [3.05, 3.63) is 41.6 Å². The van der Waals surface area contributed by atoms with Crippen molar-refractivity contribution >= 4 is 11.5 Å². The Balaban J connectivity index is 2.28. The molecule has 0 atom stereocenters. The van der Waals surface area contributed by atoms with Crippen molar-refractivity contribution in [2.24, 2.45) is 0 Å². The molecule has 0 fully saturated rings. The Labute approximate surface area is 164 Å². The monoisotopic (exact) mass is 395 g/mol. The van der Waals surface area contributed by atoms with Gasteiger partial charge in [-0.3, -0.25) is 0 Å². The molecule has 0 aliphatic carbocycles. The number of anilines is 2. The number of alkyl halides is 3. The highest BCUT2D eigenvalue weighted by Gasteiger charge is 2.36. The Morgan fingerprint density at radius 1 is 1.07 bits per heavy atom. The average Bonchev–Trinajstić information content (AvgIpc) is 2.67. The molecule has 1 aromatic carbocycles. The number of aryl methyl sites for hydroxylation is 1. The maximum absolute atomic E-state index is 13.5. The van der Waals surface area contributed by atoms with Crippen molar-refractivity contribution in [2.75, 3.05) is 18.6 Å². The molecule has 0 aliphatic heterocycles. The standard InChI is InChI=1S/C21H28F3N3O/c1-4-6-7-8-13-28-20-25-15-18(21(22,23)24)19(26-20)27(3)17-12-9-11-16(14-17)10-5-2/h9,11-12,14-15H,4-8,10,13H2,1-3H3. The first-order valence-corrected chi connectivity index (χ1v) is 9.76. The van der Waals surface area contributed by atoms with Crippen LogP contribution in [0.5, 0.6) is 6.01 Å². The summed E-state index contributed by atoms with van der Waals surface area (Å²) in [4.78, 5) is 9.29. The second-order valence-electron chi connectivity index (χ2n) is 6.78. The van der Waals surface area contributed by atoms with Gasteiger partial charge in [0.15, 0.2) is 5.82 Å². The summed E-state index contributed by atoms with van der Waals surface area (Å²) in [7, 11) is 1.58. The fourth-order valence-corrected chi connectivity index (χ4v) is 2.91. The van der Waals surface area contributed by atoms with Crippen LogP contribution >= 0.6 is 0 Å². The first-order valence-electron chi connectivity index (χ1n) is 9.76. The molecule has 0 saturated carbocycles. The number of benzene rings is 1. The minimum atomic E-state index is -4.55. The van der Waals surface area contributed by atoms with E-state index in [4.69, 9.17) is 4.74 Å². The van der Waals surface area contributed by atoms with Gasteiger partial charge in [0.2, 0.25) is 0 Å². The Morgan fingerprint density at radius 3 is 2.54 bits per heavy atom. The molecule has 154 valence electrons. The zero-order valence-corrected chi connectivity index (χ0v) is 16.7. The van der Waals surface area contributed by atoms with Gasteiger partial charge in [0, 0.05) is 18.9 Å². The van der Waals surface area contributed by atoms with Gasteiger partial charge in [0.05, 0.1) is 6.61 Å². The lowest BCUT2D eigenvalue weighted by molar-refractivity contribution is -0.137. The van der Waals surface area contributed by atoms with Gasteiger partial charge in [-0.1, -0.05) is 51.7 Å². The molecule has 0 unspecified atom stereocenters. The van der Waals surface area contributed by atoms with E-state index in [0.717, 1.165) is 50.3 Å². The molecular weight excluding hydrogens is 367 g/mol. The van der Waals surface area contributed by atoms with E-state index in [1.807, 2.05) is 18.2 Å². The summed E-state index contributed by atoms with van der Waals surface area (Å²) in [6.45, 7) is 4.56. The molecule has 7 heteroatoms. The lowest BCUT2D eigenvalue weighted by Crippen LogP contribution is -2.19. The van der Waals surface area contributed by atoms with Gasteiger partial charge < -0.3 is 9.64 Å². The van der Waals surface area contributed by atoms with Gasteiger partial charge in [0.1, 0.15) is 5.56 Å². The predicted molar refractivity (Wildman–Crippen MR) is 105 cm³/mol. The van der Waals surface area contributed by atoms with E-state index >= 15 is 0 Å². The van der Waals surface area contributed by atoms with Crippen LogP contribution in [0.2, 0.25) is 0 Å². The molecule has 1 heterocycles. The van der Waals surface area contributed by atoms with Crippen LogP contribution in [0, 0.1) is 0 Å². The summed E-state index contributed by atoms with van der Waals surface area (Å²) in [6.07, 6.45) is 2.10. The zero-order chi connectivity index (χ0) is 20.6. The molecular formula is C21H28F3N3O. The number of nitrogens with zero attached hydrogens (tertiary/aromatic N) is 3. The van der Waals surface area contributed by atoms with Crippen molar-refractivity contribution in [1.29, 1.82) is 0 Å². The third-order valence-corrected chi connectivity index (χ3v) is 4.44. The molecule has 4 nitrogen and oxygen atoms in total. The summed E-state index contributed by atoms with van der Waals surface area (Å²) >= 11 is 0. The predicted octanol–water partition coefficient (Wildman–Crippen LogP) is 6.17. The van der Waals surface area contributed by atoms with Crippen LogP contribution < -0.4 is 9.64 Å². The highest BCUT2D eigenvalue weighted by Crippen LogP contribution is 2.37. The van der Waals surface area contributed by atoms with E-state index < -0.39 is 11.7 Å². The van der Waals surface area contributed by atoms with Gasteiger partial charge in [-0.25, -0.2) is 4.98 Å². The number of rotatable bonds is 10. The number of halogens is 3. The third-order valence-electron chi connectivity index (χ3n) is 4.44. The number of aromatic nitrogens is 2. The number of ether oxygens (including phenoxy) is 1. The SMILES string of the molecule is CCCCCCOc1ncc(C(F)(F)F)c(N(C)c2cccc(CCC)c2)n1. The van der Waals surface area contributed by atoms with Crippen molar-refractivity contribution in [1.82, 2.24) is 9.97 Å². The van der Waals surface area contributed by atoms with E-state index in [0.29, 0.717) is 12.3 Å². The van der Waals surface area contributed by atoms with Gasteiger partial charge in [-0.05, 0) is 30.5 Å². The van der Waals surface area contributed by atoms with Gasteiger partial charge >= 0.3 is 12.2 Å². The Kier molecular flexibility index (Phi) is 8.08. The van der Waals surface area contributed by atoms with Gasteiger partial charge in [-0.15, -0.1) is 0 Å². The van der Waals surface area contributed by atoms with E-state index in [1.54, 1.807) is 13.1 Å². The molecule has 0 aliphatic rings. The first-order chi connectivity index (χ1) is 13.4. The number of hydrogen-bond acceptors (Lipinski definition) is 4. The summed E-state index contributed by atoms with van der Waals surface area (Å²) in [6, 6.07) is 7.44. The number of unbranched alkanes of at least 4 members (excludes halogenated alkanes) is 3. The average molecular weight is 395 g/mol. The lowest BCUT2D eigenvalue weighted by atomic mass is 10.1. The first kappa shape index (κ1) is 22.0. The van der Waals surface area contributed by atoms with E-state index in [1.165, 1.54) is 4.90 Å². The summed E-state index contributed by atoms with van der Waals surface area (Å²) < 4.78 is 46.0. The molecule has 0 spiro atoms. The molecule has 0 N–H and O–H groups in total. The normalized spacial score (nSPS) is 11.5. The van der Waals surface area contributed by atoms with Crippen molar-refractivity contribution in [3.8, 4) is 6.01 Å². The van der Waals surface area contributed by atoms with Gasteiger partial charge in [0.25, 0.3) is 0 Å². The molecule has 0 saturated heterocycles. The third kappa shape index (κ3) is 6.11. The molecule has 0 radical (unpaired) electrons. The van der Waals surface area contributed by atoms with Crippen LogP contribution in [0.15, 0.2) is 30.5 Å². The van der Waals surface area contributed by atoms with Crippen LogP contribution in [0.25, 0.3) is 0 Å². The van der Waals surface area contributed by atoms with E-state index in [2.05, 4.69) is 23.8 Å². The molecule has 1 aromatic heterocycles. The second-order valence-corrected chi connectivity index (χ2v) is 6.78. The molecule has 28 heavy (non-hydrogen) atoms. The van der Waals surface area contributed by atoms with E-state index in [9.17, 15) is 13.2 Å². The smallest absolute Gasteiger partial charge is 0.421 e. The summed E-state index contributed by atoms with van der Waals surface area (Å²) in [5, 5.41) is 0. The van der Waals surface area contributed by atoms with Crippen LogP contribution in [-0.2, 0) is 12.6 Å². The fourth-order valence-electron chi connectivity index (χ4n) is 2.91. The summed E-state index contributed by atoms with van der Waals surface area (Å²) in [5.41, 5.74) is 0.833. The Bertz CT molecular complexity index is 750. The minimum absolute atomic E-state index is 0.0314. The quantitative estimate of drug-likeness (QED) is 0.451. The topological polar surface area (TPSA) is 38.2 Å². The maximum atomic E-state index is 13.5. The van der Waals surface area contributed by atoms with Gasteiger partial charge in [-0.2, -0.15) is 18.2 Å². The van der Waals surface area contributed by atoms with Crippen molar-refractivity contribution in [3.63, 3.8) is 0 Å². The minimum Gasteiger partial charge on any atom is -0.463 e.